The van der Waals surface area contributed by atoms with E-state index in [9.17, 15) is 9.59 Å². The summed E-state index contributed by atoms with van der Waals surface area (Å²) in [6.07, 6.45) is 4.35. The molecule has 0 aromatic carbocycles. The standard InChI is InChI=1S/C18H27N3O3S/c22-17(18(23)20-13-15-3-1-11-24-15)19-7-10-21-8-5-14(6-9-21)16-4-2-12-25-16/h2,4,12,14-15H,1,3,5-11,13H2,(H,19,22)(H,20,23)/t15-/m1/s1. The number of rotatable bonds is 6. The molecular weight excluding hydrogens is 338 g/mol. The molecule has 0 aliphatic carbocycles. The van der Waals surface area contributed by atoms with Crippen molar-refractivity contribution in [3.63, 3.8) is 0 Å². The van der Waals surface area contributed by atoms with E-state index in [4.69, 9.17) is 4.74 Å². The lowest BCUT2D eigenvalue weighted by molar-refractivity contribution is -0.139. The minimum Gasteiger partial charge on any atom is -0.376 e. The number of carbonyl (C=O) groups excluding carboxylic acids is 2. The number of hydrogen-bond acceptors (Lipinski definition) is 5. The fourth-order valence-corrected chi connectivity index (χ4v) is 4.36. The molecule has 2 fully saturated rings. The van der Waals surface area contributed by atoms with Gasteiger partial charge in [0.25, 0.3) is 0 Å². The van der Waals surface area contributed by atoms with Gasteiger partial charge in [-0.15, -0.1) is 11.3 Å². The van der Waals surface area contributed by atoms with Crippen LogP contribution in [0.4, 0.5) is 0 Å². The van der Waals surface area contributed by atoms with Crippen LogP contribution in [0.15, 0.2) is 17.5 Å². The quantitative estimate of drug-likeness (QED) is 0.747. The van der Waals surface area contributed by atoms with E-state index in [1.165, 1.54) is 4.88 Å². The minimum atomic E-state index is -0.563. The maximum Gasteiger partial charge on any atom is 0.309 e. The molecule has 138 valence electrons. The van der Waals surface area contributed by atoms with Gasteiger partial charge >= 0.3 is 11.8 Å². The molecule has 0 spiro atoms. The molecule has 1 aromatic rings. The number of ether oxygens (including phenoxy) is 1. The lowest BCUT2D eigenvalue weighted by Gasteiger charge is -2.31. The van der Waals surface area contributed by atoms with E-state index in [0.29, 0.717) is 19.0 Å². The van der Waals surface area contributed by atoms with Crippen molar-refractivity contribution >= 4 is 23.2 Å². The highest BCUT2D eigenvalue weighted by Crippen LogP contribution is 2.30. The first kappa shape index (κ1) is 18.4. The monoisotopic (exact) mass is 365 g/mol. The zero-order chi connectivity index (χ0) is 17.5. The number of nitrogens with zero attached hydrogens (tertiary/aromatic N) is 1. The van der Waals surface area contributed by atoms with Crippen molar-refractivity contribution < 1.29 is 14.3 Å². The zero-order valence-electron chi connectivity index (χ0n) is 14.5. The number of amides is 2. The molecular formula is C18H27N3O3S. The predicted octanol–water partition coefficient (Wildman–Crippen LogP) is 1.34. The van der Waals surface area contributed by atoms with Gasteiger partial charge in [-0.25, -0.2) is 0 Å². The molecule has 2 N–H and O–H groups in total. The summed E-state index contributed by atoms with van der Waals surface area (Å²) in [5.41, 5.74) is 0. The first-order valence-electron chi connectivity index (χ1n) is 9.16. The van der Waals surface area contributed by atoms with E-state index < -0.39 is 11.8 Å². The van der Waals surface area contributed by atoms with E-state index in [-0.39, 0.29) is 6.10 Å². The van der Waals surface area contributed by atoms with Gasteiger partial charge in [0, 0.05) is 31.1 Å². The normalized spacial score (nSPS) is 22.0. The number of piperidine rings is 1. The Morgan fingerprint density at radius 2 is 2.00 bits per heavy atom. The van der Waals surface area contributed by atoms with E-state index in [1.807, 2.05) is 11.3 Å². The summed E-state index contributed by atoms with van der Waals surface area (Å²) in [5.74, 6) is -0.437. The van der Waals surface area contributed by atoms with E-state index >= 15 is 0 Å². The highest BCUT2D eigenvalue weighted by atomic mass is 32.1. The third-order valence-electron chi connectivity index (χ3n) is 4.97. The van der Waals surface area contributed by atoms with Gasteiger partial charge in [-0.1, -0.05) is 6.07 Å². The predicted molar refractivity (Wildman–Crippen MR) is 97.7 cm³/mol. The van der Waals surface area contributed by atoms with Gasteiger partial charge < -0.3 is 20.3 Å². The first-order valence-corrected chi connectivity index (χ1v) is 10.0. The lowest BCUT2D eigenvalue weighted by Crippen LogP contribution is -2.45. The van der Waals surface area contributed by atoms with E-state index in [0.717, 1.165) is 51.9 Å². The van der Waals surface area contributed by atoms with Crippen LogP contribution in [0.25, 0.3) is 0 Å². The topological polar surface area (TPSA) is 70.7 Å². The molecule has 3 rings (SSSR count). The third-order valence-corrected chi connectivity index (χ3v) is 6.00. The van der Waals surface area contributed by atoms with Crippen molar-refractivity contribution in [1.29, 1.82) is 0 Å². The average molecular weight is 365 g/mol. The van der Waals surface area contributed by atoms with E-state index in [1.54, 1.807) is 0 Å². The Morgan fingerprint density at radius 3 is 2.68 bits per heavy atom. The lowest BCUT2D eigenvalue weighted by atomic mass is 9.95. The molecule has 2 aliphatic rings. The van der Waals surface area contributed by atoms with Gasteiger partial charge in [-0.05, 0) is 56.1 Å². The van der Waals surface area contributed by atoms with Gasteiger partial charge in [0.2, 0.25) is 0 Å². The zero-order valence-corrected chi connectivity index (χ0v) is 15.4. The van der Waals surface area contributed by atoms with Crippen molar-refractivity contribution in [1.82, 2.24) is 15.5 Å². The highest BCUT2D eigenvalue weighted by molar-refractivity contribution is 7.10. The average Bonchev–Trinajstić information content (AvgIpc) is 3.34. The first-order chi connectivity index (χ1) is 12.2. The molecule has 2 saturated heterocycles. The molecule has 1 aromatic heterocycles. The molecule has 0 saturated carbocycles. The van der Waals surface area contributed by atoms with Crippen molar-refractivity contribution in [2.75, 3.05) is 39.3 Å². The summed E-state index contributed by atoms with van der Waals surface area (Å²) in [7, 11) is 0. The summed E-state index contributed by atoms with van der Waals surface area (Å²) in [5, 5.41) is 7.50. The summed E-state index contributed by atoms with van der Waals surface area (Å²) in [6, 6.07) is 4.34. The van der Waals surface area contributed by atoms with Gasteiger partial charge in [0.1, 0.15) is 0 Å². The molecule has 0 unspecified atom stereocenters. The summed E-state index contributed by atoms with van der Waals surface area (Å²) >= 11 is 1.84. The van der Waals surface area contributed by atoms with Crippen LogP contribution in [0.3, 0.4) is 0 Å². The van der Waals surface area contributed by atoms with Gasteiger partial charge in [-0.2, -0.15) is 0 Å². The van der Waals surface area contributed by atoms with Crippen LogP contribution < -0.4 is 10.6 Å². The molecule has 2 aliphatic heterocycles. The van der Waals surface area contributed by atoms with Crippen LogP contribution in [0.5, 0.6) is 0 Å². The van der Waals surface area contributed by atoms with Crippen molar-refractivity contribution in [2.24, 2.45) is 0 Å². The molecule has 3 heterocycles. The van der Waals surface area contributed by atoms with Crippen LogP contribution in [-0.4, -0.2) is 62.1 Å². The van der Waals surface area contributed by atoms with Gasteiger partial charge in [-0.3, -0.25) is 9.59 Å². The Hall–Kier alpha value is -1.44. The van der Waals surface area contributed by atoms with E-state index in [2.05, 4.69) is 33.0 Å². The van der Waals surface area contributed by atoms with Crippen LogP contribution >= 0.6 is 11.3 Å². The van der Waals surface area contributed by atoms with Gasteiger partial charge in [0.05, 0.1) is 6.10 Å². The Bertz CT molecular complexity index is 550. The second-order valence-electron chi connectivity index (χ2n) is 6.73. The summed E-state index contributed by atoms with van der Waals surface area (Å²) in [4.78, 5) is 27.4. The second kappa shape index (κ2) is 9.31. The van der Waals surface area contributed by atoms with Crippen molar-refractivity contribution in [3.8, 4) is 0 Å². The number of nitrogens with one attached hydrogen (secondary N) is 2. The summed E-state index contributed by atoms with van der Waals surface area (Å²) < 4.78 is 5.43. The smallest absolute Gasteiger partial charge is 0.309 e. The van der Waals surface area contributed by atoms with Crippen molar-refractivity contribution in [2.45, 2.75) is 37.7 Å². The molecule has 6 nitrogen and oxygen atoms in total. The van der Waals surface area contributed by atoms with Crippen LogP contribution in [-0.2, 0) is 14.3 Å². The Labute approximate surface area is 152 Å². The minimum absolute atomic E-state index is 0.0568. The molecule has 7 heteroatoms. The molecule has 1 atom stereocenters. The fraction of sp³-hybridized carbons (Fsp3) is 0.667. The SMILES string of the molecule is O=C(NCCN1CCC(c2cccs2)CC1)C(=O)NC[C@H]1CCCO1. The second-order valence-corrected chi connectivity index (χ2v) is 7.71. The van der Waals surface area contributed by atoms with Crippen LogP contribution in [0.1, 0.15) is 36.5 Å². The Morgan fingerprint density at radius 1 is 1.20 bits per heavy atom. The number of likely N-dealkylation sites (tertiary alicyclic amines) is 1. The van der Waals surface area contributed by atoms with Crippen LogP contribution in [0.2, 0.25) is 0 Å². The fourth-order valence-electron chi connectivity index (χ4n) is 3.46. The van der Waals surface area contributed by atoms with Crippen LogP contribution in [0, 0.1) is 0 Å². The number of carbonyl (C=O) groups is 2. The Kier molecular flexibility index (Phi) is 6.84. The highest BCUT2D eigenvalue weighted by Gasteiger charge is 2.22. The summed E-state index contributed by atoms with van der Waals surface area (Å²) in [6.45, 7) is 4.56. The van der Waals surface area contributed by atoms with Gasteiger partial charge in [0.15, 0.2) is 0 Å². The number of hydrogen-bond donors (Lipinski definition) is 2. The maximum absolute atomic E-state index is 11.8. The third kappa shape index (κ3) is 5.52. The number of thiophene rings is 1. The molecule has 25 heavy (non-hydrogen) atoms. The van der Waals surface area contributed by atoms with Crippen molar-refractivity contribution in [3.05, 3.63) is 22.4 Å². The molecule has 0 radical (unpaired) electrons. The molecule has 2 amide bonds. The molecule has 0 bridgehead atoms. The maximum atomic E-state index is 11.8. The largest absolute Gasteiger partial charge is 0.376 e. The Balaban J connectivity index is 1.27.